The molecule has 110 valence electrons. The van der Waals surface area contributed by atoms with Crippen LogP contribution < -0.4 is 0 Å². The van der Waals surface area contributed by atoms with Crippen molar-refractivity contribution < 1.29 is 13.6 Å². The number of carbonyl (C=O) groups excluding carboxylic acids is 1. The summed E-state index contributed by atoms with van der Waals surface area (Å²) < 4.78 is 27.3. The molecule has 0 aliphatic heterocycles. The van der Waals surface area contributed by atoms with Crippen LogP contribution in [0.1, 0.15) is 28.1 Å². The molecule has 1 heterocycles. The molecular weight excluding hydrogens is 316 g/mol. The Kier molecular flexibility index (Phi) is 3.95. The molecule has 0 radical (unpaired) electrons. The van der Waals surface area contributed by atoms with Gasteiger partial charge in [0, 0.05) is 24.2 Å². The third-order valence-electron chi connectivity index (χ3n) is 3.39. The Hall–Kier alpha value is -1.46. The van der Waals surface area contributed by atoms with Crippen molar-refractivity contribution in [3.63, 3.8) is 0 Å². The van der Waals surface area contributed by atoms with Gasteiger partial charge in [-0.25, -0.2) is 8.78 Å². The number of amides is 1. The van der Waals surface area contributed by atoms with Gasteiger partial charge in [-0.3, -0.25) is 4.79 Å². The van der Waals surface area contributed by atoms with Gasteiger partial charge in [-0.2, -0.15) is 0 Å². The molecule has 2 aromatic rings. The fraction of sp³-hybridized carbons (Fsp3) is 0.267. The van der Waals surface area contributed by atoms with E-state index in [4.69, 9.17) is 11.6 Å². The van der Waals surface area contributed by atoms with Crippen LogP contribution in [0.15, 0.2) is 30.3 Å². The van der Waals surface area contributed by atoms with E-state index in [0.29, 0.717) is 14.8 Å². The number of benzene rings is 1. The van der Waals surface area contributed by atoms with Gasteiger partial charge in [0.05, 0.1) is 9.21 Å². The van der Waals surface area contributed by atoms with E-state index in [1.165, 1.54) is 23.5 Å². The van der Waals surface area contributed by atoms with E-state index < -0.39 is 11.6 Å². The first kappa shape index (κ1) is 14.5. The van der Waals surface area contributed by atoms with Gasteiger partial charge in [-0.05, 0) is 31.0 Å². The molecule has 1 amide bonds. The van der Waals surface area contributed by atoms with Gasteiger partial charge in [0.1, 0.15) is 11.6 Å². The Bertz CT molecular complexity index is 684. The summed E-state index contributed by atoms with van der Waals surface area (Å²) in [6.45, 7) is 0.144. The van der Waals surface area contributed by atoms with E-state index in [0.717, 1.165) is 18.9 Å². The van der Waals surface area contributed by atoms with Gasteiger partial charge >= 0.3 is 0 Å². The van der Waals surface area contributed by atoms with Gasteiger partial charge in [0.15, 0.2) is 0 Å². The van der Waals surface area contributed by atoms with Gasteiger partial charge < -0.3 is 4.90 Å². The van der Waals surface area contributed by atoms with Crippen LogP contribution in [0.2, 0.25) is 4.34 Å². The van der Waals surface area contributed by atoms with Gasteiger partial charge in [0.25, 0.3) is 5.91 Å². The zero-order valence-corrected chi connectivity index (χ0v) is 12.6. The summed E-state index contributed by atoms with van der Waals surface area (Å²) in [5.41, 5.74) is 0.319. The quantitative estimate of drug-likeness (QED) is 0.810. The van der Waals surface area contributed by atoms with E-state index in [9.17, 15) is 13.6 Å². The van der Waals surface area contributed by atoms with Crippen molar-refractivity contribution >= 4 is 28.8 Å². The molecule has 1 aliphatic rings. The minimum absolute atomic E-state index is 0.128. The number of halogens is 3. The summed E-state index contributed by atoms with van der Waals surface area (Å²) in [7, 11) is 0. The van der Waals surface area contributed by atoms with Crippen molar-refractivity contribution in [3.05, 3.63) is 56.7 Å². The number of nitrogens with zero attached hydrogens (tertiary/aromatic N) is 1. The standard InChI is InChI=1S/C15H12ClF2NOS/c16-14-6-5-13(21-14)15(20)19(11-3-4-11)8-9-1-2-10(17)7-12(9)18/h1-2,5-7,11H,3-4,8H2. The lowest BCUT2D eigenvalue weighted by Crippen LogP contribution is -2.32. The average Bonchev–Trinajstić information content (AvgIpc) is 3.18. The van der Waals surface area contributed by atoms with Crippen molar-refractivity contribution in [1.29, 1.82) is 0 Å². The second kappa shape index (κ2) is 5.73. The second-order valence-electron chi connectivity index (χ2n) is 5.00. The first-order valence-corrected chi connectivity index (χ1v) is 7.74. The van der Waals surface area contributed by atoms with Crippen LogP contribution in [0.3, 0.4) is 0 Å². The smallest absolute Gasteiger partial charge is 0.264 e. The monoisotopic (exact) mass is 327 g/mol. The number of thiophene rings is 1. The zero-order chi connectivity index (χ0) is 15.0. The van der Waals surface area contributed by atoms with Crippen molar-refractivity contribution in [2.24, 2.45) is 0 Å². The molecule has 0 atom stereocenters. The SMILES string of the molecule is O=C(c1ccc(Cl)s1)N(Cc1ccc(F)cc1F)C1CC1. The summed E-state index contributed by atoms with van der Waals surface area (Å²) in [6.07, 6.45) is 1.82. The van der Waals surface area contributed by atoms with Crippen LogP contribution in [-0.2, 0) is 6.54 Å². The molecule has 1 aliphatic carbocycles. The highest BCUT2D eigenvalue weighted by Crippen LogP contribution is 2.32. The van der Waals surface area contributed by atoms with E-state index >= 15 is 0 Å². The molecule has 0 unspecified atom stereocenters. The molecule has 1 aromatic heterocycles. The highest BCUT2D eigenvalue weighted by molar-refractivity contribution is 7.17. The van der Waals surface area contributed by atoms with Crippen LogP contribution in [0, 0.1) is 11.6 Å². The Labute approximate surface area is 130 Å². The third kappa shape index (κ3) is 3.24. The fourth-order valence-electron chi connectivity index (χ4n) is 2.16. The van der Waals surface area contributed by atoms with Crippen molar-refractivity contribution in [2.75, 3.05) is 0 Å². The second-order valence-corrected chi connectivity index (χ2v) is 6.72. The first-order chi connectivity index (χ1) is 10.0. The van der Waals surface area contributed by atoms with E-state index in [2.05, 4.69) is 0 Å². The summed E-state index contributed by atoms with van der Waals surface area (Å²) >= 11 is 7.06. The lowest BCUT2D eigenvalue weighted by molar-refractivity contribution is 0.0733. The molecule has 1 saturated carbocycles. The molecule has 3 rings (SSSR count). The summed E-state index contributed by atoms with van der Waals surface area (Å²) in [4.78, 5) is 14.7. The number of hydrogen-bond acceptors (Lipinski definition) is 2. The number of rotatable bonds is 4. The van der Waals surface area contributed by atoms with Gasteiger partial charge in [0.2, 0.25) is 0 Å². The fourth-order valence-corrected chi connectivity index (χ4v) is 3.16. The summed E-state index contributed by atoms with van der Waals surface area (Å²) in [5, 5.41) is 0. The van der Waals surface area contributed by atoms with Crippen molar-refractivity contribution in [1.82, 2.24) is 4.90 Å². The molecule has 1 aromatic carbocycles. The van der Waals surface area contributed by atoms with Gasteiger partial charge in [-0.1, -0.05) is 17.7 Å². The lowest BCUT2D eigenvalue weighted by Gasteiger charge is -2.22. The van der Waals surface area contributed by atoms with Gasteiger partial charge in [-0.15, -0.1) is 11.3 Å². The Morgan fingerprint density at radius 2 is 2.05 bits per heavy atom. The first-order valence-electron chi connectivity index (χ1n) is 6.55. The lowest BCUT2D eigenvalue weighted by atomic mass is 10.2. The predicted octanol–water partition coefficient (Wildman–Crippen LogP) is 4.48. The van der Waals surface area contributed by atoms with E-state index in [-0.39, 0.29) is 18.5 Å². The maximum Gasteiger partial charge on any atom is 0.264 e. The van der Waals surface area contributed by atoms with Crippen LogP contribution >= 0.6 is 22.9 Å². The number of carbonyl (C=O) groups is 1. The molecule has 0 spiro atoms. The van der Waals surface area contributed by atoms with Crippen LogP contribution in [-0.4, -0.2) is 16.8 Å². The maximum atomic E-state index is 13.8. The molecule has 1 fully saturated rings. The molecule has 0 bridgehead atoms. The molecule has 0 saturated heterocycles. The largest absolute Gasteiger partial charge is 0.331 e. The zero-order valence-electron chi connectivity index (χ0n) is 11.0. The molecule has 21 heavy (non-hydrogen) atoms. The summed E-state index contributed by atoms with van der Waals surface area (Å²) in [6, 6.07) is 6.90. The van der Waals surface area contributed by atoms with Crippen LogP contribution in [0.4, 0.5) is 8.78 Å². The van der Waals surface area contributed by atoms with Crippen molar-refractivity contribution in [2.45, 2.75) is 25.4 Å². The normalized spacial score (nSPS) is 14.2. The molecule has 2 nitrogen and oxygen atoms in total. The Morgan fingerprint density at radius 1 is 1.29 bits per heavy atom. The molecular formula is C15H12ClF2NOS. The van der Waals surface area contributed by atoms with Crippen LogP contribution in [0.25, 0.3) is 0 Å². The topological polar surface area (TPSA) is 20.3 Å². The maximum absolute atomic E-state index is 13.8. The van der Waals surface area contributed by atoms with Crippen LogP contribution in [0.5, 0.6) is 0 Å². The Morgan fingerprint density at radius 3 is 2.62 bits per heavy atom. The van der Waals surface area contributed by atoms with E-state index in [1.54, 1.807) is 17.0 Å². The average molecular weight is 328 g/mol. The molecule has 0 N–H and O–H groups in total. The van der Waals surface area contributed by atoms with E-state index in [1.807, 2.05) is 0 Å². The predicted molar refractivity (Wildman–Crippen MR) is 78.6 cm³/mol. The highest BCUT2D eigenvalue weighted by Gasteiger charge is 2.34. The summed E-state index contributed by atoms with van der Waals surface area (Å²) in [5.74, 6) is -1.40. The molecule has 6 heteroatoms. The highest BCUT2D eigenvalue weighted by atomic mass is 35.5. The Balaban J connectivity index is 1.83. The minimum Gasteiger partial charge on any atom is -0.331 e. The van der Waals surface area contributed by atoms with Crippen molar-refractivity contribution in [3.8, 4) is 0 Å². The minimum atomic E-state index is -0.627. The third-order valence-corrected chi connectivity index (χ3v) is 4.61. The number of hydrogen-bond donors (Lipinski definition) is 0.